The van der Waals surface area contributed by atoms with Crippen LogP contribution in [0.4, 0.5) is 0 Å². The second-order valence-corrected chi connectivity index (χ2v) is 5.96. The normalized spacial score (nSPS) is 25.4. The van der Waals surface area contributed by atoms with Gasteiger partial charge in [-0.15, -0.1) is 24.0 Å². The van der Waals surface area contributed by atoms with Crippen molar-refractivity contribution in [3.05, 3.63) is 11.6 Å². The molecular weight excluding hydrogens is 393 g/mol. The average Bonchev–Trinajstić information content (AvgIpc) is 2.93. The summed E-state index contributed by atoms with van der Waals surface area (Å²) in [5.74, 6) is 0.891. The van der Waals surface area contributed by atoms with E-state index in [9.17, 15) is 0 Å². The van der Waals surface area contributed by atoms with Gasteiger partial charge in [0.05, 0.1) is 25.4 Å². The van der Waals surface area contributed by atoms with Crippen LogP contribution in [0.2, 0.25) is 0 Å². The number of aliphatic imine (C=N–C) groups is 1. The molecule has 0 aromatic rings. The molecule has 128 valence electrons. The van der Waals surface area contributed by atoms with E-state index in [2.05, 4.69) is 35.5 Å². The predicted octanol–water partition coefficient (Wildman–Crippen LogP) is 2.47. The lowest BCUT2D eigenvalue weighted by molar-refractivity contribution is 0.0283. The third-order valence-electron chi connectivity index (χ3n) is 4.01. The van der Waals surface area contributed by atoms with Crippen molar-refractivity contribution in [2.75, 3.05) is 39.5 Å². The molecule has 0 aromatic carbocycles. The summed E-state index contributed by atoms with van der Waals surface area (Å²) in [6.07, 6.45) is 6.56. The molecule has 1 unspecified atom stereocenters. The number of rotatable bonds is 6. The molecule has 0 amide bonds. The van der Waals surface area contributed by atoms with Gasteiger partial charge in [-0.3, -0.25) is 4.99 Å². The van der Waals surface area contributed by atoms with Gasteiger partial charge < -0.3 is 20.1 Å². The fraction of sp³-hybridized carbons (Fsp3) is 0.812. The second-order valence-electron chi connectivity index (χ2n) is 5.96. The summed E-state index contributed by atoms with van der Waals surface area (Å²) in [7, 11) is 0. The Labute approximate surface area is 151 Å². The summed E-state index contributed by atoms with van der Waals surface area (Å²) in [6, 6.07) is 0. The molecule has 0 radical (unpaired) electrons. The lowest BCUT2D eigenvalue weighted by Gasteiger charge is -2.21. The number of nitrogens with zero attached hydrogens (tertiary/aromatic N) is 1. The fourth-order valence-corrected chi connectivity index (χ4v) is 2.68. The van der Waals surface area contributed by atoms with Gasteiger partial charge in [-0.1, -0.05) is 11.6 Å². The smallest absolute Gasteiger partial charge is 0.191 e. The zero-order chi connectivity index (χ0) is 15.0. The van der Waals surface area contributed by atoms with E-state index in [0.29, 0.717) is 0 Å². The van der Waals surface area contributed by atoms with Crippen molar-refractivity contribution in [3.63, 3.8) is 0 Å². The lowest BCUT2D eigenvalue weighted by Crippen LogP contribution is -2.39. The number of nitrogens with one attached hydrogen (secondary N) is 2. The van der Waals surface area contributed by atoms with E-state index >= 15 is 0 Å². The van der Waals surface area contributed by atoms with Gasteiger partial charge >= 0.3 is 0 Å². The van der Waals surface area contributed by atoms with Gasteiger partial charge in [0.15, 0.2) is 5.96 Å². The van der Waals surface area contributed by atoms with Crippen LogP contribution in [0, 0.1) is 0 Å². The second kappa shape index (κ2) is 10.4. The van der Waals surface area contributed by atoms with E-state index in [1.54, 1.807) is 0 Å². The summed E-state index contributed by atoms with van der Waals surface area (Å²) in [4.78, 5) is 4.68. The molecule has 0 bridgehead atoms. The molecule has 22 heavy (non-hydrogen) atoms. The highest BCUT2D eigenvalue weighted by Gasteiger charge is 2.29. The van der Waals surface area contributed by atoms with Gasteiger partial charge in [0, 0.05) is 19.7 Å². The van der Waals surface area contributed by atoms with Crippen LogP contribution in [0.5, 0.6) is 0 Å². The number of halogens is 1. The highest BCUT2D eigenvalue weighted by molar-refractivity contribution is 14.0. The maximum absolute atomic E-state index is 5.78. The summed E-state index contributed by atoms with van der Waals surface area (Å²) in [5, 5.41) is 6.71. The molecule has 2 aliphatic rings. The fourth-order valence-electron chi connectivity index (χ4n) is 2.68. The van der Waals surface area contributed by atoms with Crippen LogP contribution in [-0.2, 0) is 9.47 Å². The maximum Gasteiger partial charge on any atom is 0.191 e. The molecule has 1 atom stereocenters. The molecule has 1 fully saturated rings. The third-order valence-corrected chi connectivity index (χ3v) is 4.01. The van der Waals surface area contributed by atoms with E-state index in [0.717, 1.165) is 71.1 Å². The SMILES string of the molecule is CCNC(=NCC1(C)CCCO1)NCCC1=CCOCC1.I. The molecule has 2 rings (SSSR count). The van der Waals surface area contributed by atoms with Gasteiger partial charge in [0.1, 0.15) is 0 Å². The van der Waals surface area contributed by atoms with E-state index < -0.39 is 0 Å². The summed E-state index contributed by atoms with van der Waals surface area (Å²) in [6.45, 7) is 9.24. The quantitative estimate of drug-likeness (QED) is 0.298. The first kappa shape index (κ1) is 19.7. The van der Waals surface area contributed by atoms with Crippen LogP contribution in [0.25, 0.3) is 0 Å². The van der Waals surface area contributed by atoms with Gasteiger partial charge in [-0.25, -0.2) is 0 Å². The Hall–Kier alpha value is -0.340. The Morgan fingerprint density at radius 1 is 1.36 bits per heavy atom. The molecule has 0 aliphatic carbocycles. The van der Waals surface area contributed by atoms with Crippen LogP contribution in [0.15, 0.2) is 16.6 Å². The van der Waals surface area contributed by atoms with Crippen LogP contribution in [-0.4, -0.2) is 51.0 Å². The lowest BCUT2D eigenvalue weighted by atomic mass is 10.0. The first-order valence-corrected chi connectivity index (χ1v) is 8.14. The highest BCUT2D eigenvalue weighted by Crippen LogP contribution is 2.24. The van der Waals surface area contributed by atoms with E-state index in [4.69, 9.17) is 9.47 Å². The van der Waals surface area contributed by atoms with Crippen molar-refractivity contribution >= 4 is 29.9 Å². The van der Waals surface area contributed by atoms with Crippen LogP contribution in [0.3, 0.4) is 0 Å². The van der Waals surface area contributed by atoms with E-state index in [-0.39, 0.29) is 29.6 Å². The molecule has 6 heteroatoms. The van der Waals surface area contributed by atoms with Crippen molar-refractivity contribution in [3.8, 4) is 0 Å². The molecule has 1 saturated heterocycles. The van der Waals surface area contributed by atoms with Crippen molar-refractivity contribution in [2.45, 2.75) is 45.1 Å². The predicted molar refractivity (Wildman–Crippen MR) is 101 cm³/mol. The Morgan fingerprint density at radius 2 is 2.23 bits per heavy atom. The number of hydrogen-bond acceptors (Lipinski definition) is 3. The largest absolute Gasteiger partial charge is 0.377 e. The summed E-state index contributed by atoms with van der Waals surface area (Å²) < 4.78 is 11.1. The highest BCUT2D eigenvalue weighted by atomic mass is 127. The van der Waals surface area contributed by atoms with Crippen LogP contribution < -0.4 is 10.6 Å². The molecule has 2 aliphatic heterocycles. The van der Waals surface area contributed by atoms with Crippen molar-refractivity contribution < 1.29 is 9.47 Å². The van der Waals surface area contributed by atoms with Gasteiger partial charge in [-0.2, -0.15) is 0 Å². The molecular formula is C16H30IN3O2. The minimum atomic E-state index is -0.0778. The third kappa shape index (κ3) is 6.83. The number of ether oxygens (including phenoxy) is 2. The van der Waals surface area contributed by atoms with Crippen molar-refractivity contribution in [2.24, 2.45) is 4.99 Å². The average molecular weight is 423 g/mol. The van der Waals surface area contributed by atoms with E-state index in [1.807, 2.05) is 0 Å². The van der Waals surface area contributed by atoms with Crippen LogP contribution >= 0.6 is 24.0 Å². The molecule has 0 aromatic heterocycles. The molecule has 2 heterocycles. The van der Waals surface area contributed by atoms with Crippen molar-refractivity contribution in [1.82, 2.24) is 10.6 Å². The first-order chi connectivity index (χ1) is 10.2. The van der Waals surface area contributed by atoms with E-state index in [1.165, 1.54) is 5.57 Å². The Kier molecular flexibility index (Phi) is 9.35. The monoisotopic (exact) mass is 423 g/mol. The number of guanidine groups is 1. The Balaban J connectivity index is 0.00000242. The summed E-state index contributed by atoms with van der Waals surface area (Å²) >= 11 is 0. The molecule has 0 spiro atoms. The number of hydrogen-bond donors (Lipinski definition) is 2. The first-order valence-electron chi connectivity index (χ1n) is 8.14. The molecule has 0 saturated carbocycles. The maximum atomic E-state index is 5.78. The van der Waals surface area contributed by atoms with Gasteiger partial charge in [0.25, 0.3) is 0 Å². The molecule has 5 nitrogen and oxygen atoms in total. The zero-order valence-corrected chi connectivity index (χ0v) is 16.2. The Morgan fingerprint density at radius 3 is 2.86 bits per heavy atom. The van der Waals surface area contributed by atoms with Crippen LogP contribution in [0.1, 0.15) is 39.5 Å². The topological polar surface area (TPSA) is 54.9 Å². The minimum absolute atomic E-state index is 0. The summed E-state index contributed by atoms with van der Waals surface area (Å²) in [5.41, 5.74) is 1.40. The van der Waals surface area contributed by atoms with Crippen molar-refractivity contribution in [1.29, 1.82) is 0 Å². The zero-order valence-electron chi connectivity index (χ0n) is 13.8. The minimum Gasteiger partial charge on any atom is -0.377 e. The Bertz CT molecular complexity index is 380. The standard InChI is InChI=1S/C16H29N3O2.HI/c1-3-17-15(19-13-16(2)8-4-10-21-16)18-9-5-14-6-11-20-12-7-14;/h6H,3-5,7-13H2,1-2H3,(H2,17,18,19);1H. The molecule has 2 N–H and O–H groups in total. The van der Waals surface area contributed by atoms with Gasteiger partial charge in [0.2, 0.25) is 0 Å². The van der Waals surface area contributed by atoms with Gasteiger partial charge in [-0.05, 0) is 39.5 Å².